The number of carbonyl (C=O) groups excluding carboxylic acids is 3. The molecule has 1 aliphatic heterocycles. The molecule has 0 spiro atoms. The van der Waals surface area contributed by atoms with Gasteiger partial charge < -0.3 is 29.7 Å². The summed E-state index contributed by atoms with van der Waals surface area (Å²) in [6, 6.07) is 11.9. The van der Waals surface area contributed by atoms with Gasteiger partial charge in [0.25, 0.3) is 17.7 Å². The van der Waals surface area contributed by atoms with E-state index in [1.165, 1.54) is 18.0 Å². The molecule has 3 amide bonds. The number of amides is 3. The van der Waals surface area contributed by atoms with Gasteiger partial charge in [0.2, 0.25) is 6.23 Å². The topological polar surface area (TPSA) is 130 Å². The van der Waals surface area contributed by atoms with Gasteiger partial charge in [0.15, 0.2) is 6.61 Å². The van der Waals surface area contributed by atoms with Crippen LogP contribution in [-0.2, 0) is 27.4 Å². The summed E-state index contributed by atoms with van der Waals surface area (Å²) < 4.78 is 16.4. The minimum atomic E-state index is -1.13. The Kier molecular flexibility index (Phi) is 8.05. The van der Waals surface area contributed by atoms with E-state index in [9.17, 15) is 14.4 Å². The van der Waals surface area contributed by atoms with E-state index in [1.807, 2.05) is 6.07 Å². The Morgan fingerprint density at radius 2 is 2.03 bits per heavy atom. The molecule has 10 nitrogen and oxygen atoms in total. The van der Waals surface area contributed by atoms with E-state index in [4.69, 9.17) is 19.5 Å². The molecule has 1 atom stereocenters. The van der Waals surface area contributed by atoms with Crippen molar-refractivity contribution in [3.05, 3.63) is 58.7 Å². The first kappa shape index (κ1) is 24.5. The molecule has 34 heavy (non-hydrogen) atoms. The average Bonchev–Trinajstić information content (AvgIpc) is 3.19. The zero-order valence-corrected chi connectivity index (χ0v) is 19.2. The zero-order chi connectivity index (χ0) is 24.7. The van der Waals surface area contributed by atoms with Crippen molar-refractivity contribution in [1.82, 2.24) is 15.5 Å². The van der Waals surface area contributed by atoms with Gasteiger partial charge in [-0.15, -0.1) is 0 Å². The molecule has 0 aromatic heterocycles. The summed E-state index contributed by atoms with van der Waals surface area (Å²) in [4.78, 5) is 38.9. The number of hydrogen-bond acceptors (Lipinski definition) is 7. The highest BCUT2D eigenvalue weighted by Gasteiger charge is 2.37. The standard InChI is InChI=1S/C24H26N4O6/c1-4-33-24(28-13-17-10-18(32-3)7-8-19(17)23(28)31)22(30)27-12-16-6-5-15(11-25)9-20(16)34-14-21(29)26-2/h5-10,24H,4,12-14H2,1-3H3,(H,26,29)(H,27,30)/t24-/m0/s1. The van der Waals surface area contributed by atoms with Gasteiger partial charge in [-0.2, -0.15) is 5.26 Å². The van der Waals surface area contributed by atoms with Crippen LogP contribution in [0.3, 0.4) is 0 Å². The minimum absolute atomic E-state index is 0.0417. The summed E-state index contributed by atoms with van der Waals surface area (Å²) in [6.45, 7) is 1.97. The predicted octanol–water partition coefficient (Wildman–Crippen LogP) is 1.33. The Hall–Kier alpha value is -4.10. The number of hydrogen-bond donors (Lipinski definition) is 2. The maximum Gasteiger partial charge on any atom is 0.270 e. The number of fused-ring (bicyclic) bond motifs is 1. The molecule has 2 aromatic carbocycles. The fraction of sp³-hybridized carbons (Fsp3) is 0.333. The van der Waals surface area contributed by atoms with Gasteiger partial charge in [-0.1, -0.05) is 6.07 Å². The van der Waals surface area contributed by atoms with E-state index < -0.39 is 12.1 Å². The van der Waals surface area contributed by atoms with Crippen LogP contribution >= 0.6 is 0 Å². The number of benzene rings is 2. The van der Waals surface area contributed by atoms with Crippen molar-refractivity contribution < 1.29 is 28.6 Å². The van der Waals surface area contributed by atoms with Crippen molar-refractivity contribution in [3.8, 4) is 17.6 Å². The Balaban J connectivity index is 1.74. The summed E-state index contributed by atoms with van der Waals surface area (Å²) in [5.74, 6) is -0.225. The molecule has 0 unspecified atom stereocenters. The molecule has 0 bridgehead atoms. The fourth-order valence-corrected chi connectivity index (χ4v) is 3.49. The van der Waals surface area contributed by atoms with Crippen molar-refractivity contribution in [3.63, 3.8) is 0 Å². The summed E-state index contributed by atoms with van der Waals surface area (Å²) in [5, 5.41) is 14.4. The second-order valence-electron chi connectivity index (χ2n) is 7.38. The van der Waals surface area contributed by atoms with Crippen molar-refractivity contribution in [1.29, 1.82) is 5.26 Å². The maximum absolute atomic E-state index is 13.0. The van der Waals surface area contributed by atoms with Gasteiger partial charge in [0.05, 0.1) is 18.7 Å². The molecule has 0 saturated heterocycles. The monoisotopic (exact) mass is 466 g/mol. The molecule has 1 heterocycles. The lowest BCUT2D eigenvalue weighted by molar-refractivity contribution is -0.143. The molecule has 10 heteroatoms. The number of methoxy groups -OCH3 is 1. The quantitative estimate of drug-likeness (QED) is 0.540. The highest BCUT2D eigenvalue weighted by molar-refractivity contribution is 6.01. The Morgan fingerprint density at radius 3 is 2.71 bits per heavy atom. The molecule has 0 saturated carbocycles. The second kappa shape index (κ2) is 11.2. The number of likely N-dealkylation sites (N-methyl/N-ethyl adjacent to an activating group) is 1. The van der Waals surface area contributed by atoms with Gasteiger partial charge in [0, 0.05) is 37.9 Å². The molecule has 178 valence electrons. The summed E-state index contributed by atoms with van der Waals surface area (Å²) >= 11 is 0. The van der Waals surface area contributed by atoms with Crippen molar-refractivity contribution in [2.24, 2.45) is 0 Å². The van der Waals surface area contributed by atoms with Gasteiger partial charge in [-0.25, -0.2) is 0 Å². The number of nitriles is 1. The lowest BCUT2D eigenvalue weighted by atomic mass is 10.1. The highest BCUT2D eigenvalue weighted by atomic mass is 16.5. The number of carbonyl (C=O) groups is 3. The number of rotatable bonds is 10. The number of ether oxygens (including phenoxy) is 3. The van der Waals surface area contributed by atoms with E-state index >= 15 is 0 Å². The number of nitrogens with zero attached hydrogens (tertiary/aromatic N) is 2. The molecule has 0 fully saturated rings. The minimum Gasteiger partial charge on any atom is -0.497 e. The molecule has 2 aromatic rings. The molecule has 1 aliphatic rings. The lowest BCUT2D eigenvalue weighted by Gasteiger charge is -2.26. The highest BCUT2D eigenvalue weighted by Crippen LogP contribution is 2.28. The van der Waals surface area contributed by atoms with Crippen LogP contribution in [0.1, 0.15) is 34.0 Å². The van der Waals surface area contributed by atoms with Crippen molar-refractivity contribution in [2.45, 2.75) is 26.2 Å². The Bertz CT molecular complexity index is 1130. The van der Waals surface area contributed by atoms with Crippen molar-refractivity contribution >= 4 is 17.7 Å². The molecule has 0 aliphatic carbocycles. The van der Waals surface area contributed by atoms with Gasteiger partial charge in [-0.05, 0) is 42.8 Å². The van der Waals surface area contributed by atoms with Gasteiger partial charge in [0.1, 0.15) is 11.5 Å². The van der Waals surface area contributed by atoms with Crippen LogP contribution < -0.4 is 20.1 Å². The third-order valence-electron chi connectivity index (χ3n) is 5.26. The average molecular weight is 466 g/mol. The molecular formula is C24H26N4O6. The van der Waals surface area contributed by atoms with E-state index in [0.717, 1.165) is 5.56 Å². The van der Waals surface area contributed by atoms with E-state index in [1.54, 1.807) is 44.4 Å². The molecule has 0 radical (unpaired) electrons. The van der Waals surface area contributed by atoms with Crippen LogP contribution in [0.4, 0.5) is 0 Å². The molecule has 3 rings (SSSR count). The first-order chi connectivity index (χ1) is 16.4. The first-order valence-corrected chi connectivity index (χ1v) is 10.6. The smallest absolute Gasteiger partial charge is 0.270 e. The molecular weight excluding hydrogens is 440 g/mol. The largest absolute Gasteiger partial charge is 0.497 e. The van der Waals surface area contributed by atoms with E-state index in [0.29, 0.717) is 28.2 Å². The predicted molar refractivity (Wildman–Crippen MR) is 121 cm³/mol. The van der Waals surface area contributed by atoms with Gasteiger partial charge >= 0.3 is 0 Å². The SMILES string of the molecule is CCO[C@@H](C(=O)NCc1ccc(C#N)cc1OCC(=O)NC)N1Cc2cc(OC)ccc2C1=O. The third kappa shape index (κ3) is 5.44. The van der Waals surface area contributed by atoms with Crippen LogP contribution in [0, 0.1) is 11.3 Å². The zero-order valence-electron chi connectivity index (χ0n) is 19.2. The van der Waals surface area contributed by atoms with E-state index in [2.05, 4.69) is 10.6 Å². The van der Waals surface area contributed by atoms with Crippen LogP contribution in [0.2, 0.25) is 0 Å². The van der Waals surface area contributed by atoms with E-state index in [-0.39, 0.29) is 38.1 Å². The Labute approximate surface area is 197 Å². The lowest BCUT2D eigenvalue weighted by Crippen LogP contribution is -2.48. The summed E-state index contributed by atoms with van der Waals surface area (Å²) in [6.07, 6.45) is -1.13. The summed E-state index contributed by atoms with van der Waals surface area (Å²) in [7, 11) is 3.03. The summed E-state index contributed by atoms with van der Waals surface area (Å²) in [5.41, 5.74) is 2.16. The third-order valence-corrected chi connectivity index (χ3v) is 5.26. The fourth-order valence-electron chi connectivity index (χ4n) is 3.49. The normalized spacial score (nSPS) is 13.0. The van der Waals surface area contributed by atoms with Gasteiger partial charge in [-0.3, -0.25) is 14.4 Å². The Morgan fingerprint density at radius 1 is 1.24 bits per heavy atom. The first-order valence-electron chi connectivity index (χ1n) is 10.6. The second-order valence-corrected chi connectivity index (χ2v) is 7.38. The maximum atomic E-state index is 13.0. The van der Waals surface area contributed by atoms with Crippen LogP contribution in [-0.4, -0.2) is 56.2 Å². The van der Waals surface area contributed by atoms with Crippen LogP contribution in [0.5, 0.6) is 11.5 Å². The van der Waals surface area contributed by atoms with Crippen LogP contribution in [0.15, 0.2) is 36.4 Å². The van der Waals surface area contributed by atoms with Crippen LogP contribution in [0.25, 0.3) is 0 Å². The molecule has 2 N–H and O–H groups in total. The number of nitrogens with one attached hydrogen (secondary N) is 2. The van der Waals surface area contributed by atoms with Crippen molar-refractivity contribution in [2.75, 3.05) is 27.4 Å².